The first-order chi connectivity index (χ1) is 11.1. The second-order valence-electron chi connectivity index (χ2n) is 5.48. The van der Waals surface area contributed by atoms with Crippen LogP contribution in [0.5, 0.6) is 0 Å². The summed E-state index contributed by atoms with van der Waals surface area (Å²) in [4.78, 5) is 42.7. The number of nitrogens with two attached hydrogens (primary N) is 4. The Labute approximate surface area is 138 Å². The third kappa shape index (κ3) is 5.72. The zero-order valence-electron chi connectivity index (χ0n) is 13.3. The predicted molar refractivity (Wildman–Crippen MR) is 87.6 cm³/mol. The van der Waals surface area contributed by atoms with E-state index in [1.807, 2.05) is 0 Å². The molecule has 1 rings (SSSR count). The maximum absolute atomic E-state index is 12.1. The minimum Gasteiger partial charge on any atom is -0.370 e. The Hall–Kier alpha value is -2.89. The number of aliphatic imine (C=N–C) groups is 2. The summed E-state index contributed by atoms with van der Waals surface area (Å²) in [7, 11) is 0. The largest absolute Gasteiger partial charge is 0.370 e. The van der Waals surface area contributed by atoms with Gasteiger partial charge >= 0.3 is 6.03 Å². The van der Waals surface area contributed by atoms with Crippen molar-refractivity contribution in [3.05, 3.63) is 0 Å². The molecule has 11 N–H and O–H groups in total. The van der Waals surface area contributed by atoms with E-state index in [9.17, 15) is 14.4 Å². The molecular weight excluding hydrogens is 318 g/mol. The Morgan fingerprint density at radius 3 is 2.62 bits per heavy atom. The van der Waals surface area contributed by atoms with Gasteiger partial charge < -0.3 is 28.3 Å². The first kappa shape index (κ1) is 19.2. The molecule has 1 heterocycles. The molecule has 1 aliphatic heterocycles. The zero-order valence-corrected chi connectivity index (χ0v) is 13.3. The number of rotatable bonds is 6. The number of hydrogen-bond acceptors (Lipinski definition) is 6. The highest BCUT2D eigenvalue weighted by molar-refractivity contribution is 6.09. The number of primary amides is 1. The van der Waals surface area contributed by atoms with E-state index < -0.39 is 29.4 Å². The predicted octanol–water partition coefficient (Wildman–Crippen LogP) is -3.60. The van der Waals surface area contributed by atoms with Gasteiger partial charge in [-0.05, 0) is 19.8 Å². The molecule has 24 heavy (non-hydrogen) atoms. The molecule has 0 aliphatic carbocycles. The summed E-state index contributed by atoms with van der Waals surface area (Å²) in [5, 5.41) is 7.06. The van der Waals surface area contributed by atoms with Crippen molar-refractivity contribution in [1.29, 1.82) is 0 Å². The quantitative estimate of drug-likeness (QED) is 0.147. The second-order valence-corrected chi connectivity index (χ2v) is 5.48. The van der Waals surface area contributed by atoms with Crippen molar-refractivity contribution < 1.29 is 14.4 Å². The van der Waals surface area contributed by atoms with E-state index >= 15 is 0 Å². The van der Waals surface area contributed by atoms with Gasteiger partial charge in [0.15, 0.2) is 5.96 Å². The molecule has 0 fully saturated rings. The number of amides is 4. The molecule has 2 atom stereocenters. The van der Waals surface area contributed by atoms with Gasteiger partial charge in [-0.2, -0.15) is 0 Å². The summed E-state index contributed by atoms with van der Waals surface area (Å²) >= 11 is 0. The van der Waals surface area contributed by atoms with Crippen molar-refractivity contribution in [2.24, 2.45) is 32.9 Å². The highest BCUT2D eigenvalue weighted by Crippen LogP contribution is 2.10. The van der Waals surface area contributed by atoms with Crippen LogP contribution in [0.25, 0.3) is 0 Å². The maximum atomic E-state index is 12.1. The molecule has 0 radical (unpaired) electrons. The Morgan fingerprint density at radius 2 is 2.08 bits per heavy atom. The number of urea groups is 1. The summed E-state index contributed by atoms with van der Waals surface area (Å²) in [6.07, 6.45) is 0.859. The van der Waals surface area contributed by atoms with Gasteiger partial charge in [0, 0.05) is 6.54 Å². The lowest BCUT2D eigenvalue weighted by Crippen LogP contribution is -2.66. The molecule has 12 nitrogen and oxygen atoms in total. The average Bonchev–Trinajstić information content (AvgIpc) is 2.47. The van der Waals surface area contributed by atoms with Crippen molar-refractivity contribution in [1.82, 2.24) is 16.0 Å². The lowest BCUT2D eigenvalue weighted by molar-refractivity contribution is -0.132. The van der Waals surface area contributed by atoms with Gasteiger partial charge in [-0.3, -0.25) is 25.2 Å². The highest BCUT2D eigenvalue weighted by atomic mass is 16.2. The molecule has 12 heteroatoms. The third-order valence-corrected chi connectivity index (χ3v) is 3.23. The van der Waals surface area contributed by atoms with Gasteiger partial charge in [0.25, 0.3) is 5.91 Å². The van der Waals surface area contributed by atoms with Crippen LogP contribution in [-0.4, -0.2) is 54.4 Å². The van der Waals surface area contributed by atoms with Gasteiger partial charge in [-0.15, -0.1) is 0 Å². The molecule has 0 aromatic carbocycles. The summed E-state index contributed by atoms with van der Waals surface area (Å²) in [6, 6.07) is -1.68. The van der Waals surface area contributed by atoms with Crippen molar-refractivity contribution >= 4 is 29.8 Å². The monoisotopic (exact) mass is 341 g/mol. The molecule has 0 spiro atoms. The lowest BCUT2D eigenvalue weighted by atomic mass is 9.99. The first-order valence-electron chi connectivity index (χ1n) is 7.19. The van der Waals surface area contributed by atoms with Crippen LogP contribution >= 0.6 is 0 Å². The topological polar surface area (TPSA) is 216 Å². The maximum Gasteiger partial charge on any atom is 0.318 e. The Morgan fingerprint density at radius 1 is 1.42 bits per heavy atom. The summed E-state index contributed by atoms with van der Waals surface area (Å²) in [5.74, 6) is -1.14. The van der Waals surface area contributed by atoms with Crippen LogP contribution in [0.3, 0.4) is 0 Å². The lowest BCUT2D eigenvalue weighted by Gasteiger charge is -2.32. The van der Waals surface area contributed by atoms with Crippen molar-refractivity contribution in [2.45, 2.75) is 31.3 Å². The standard InChI is InChI=1S/C12H23N9O3/c1-12(5-18-11(19-8(12)23)20-10(16)24)21-7(22)6(13)3-2-4-17-9(14)15/h6H,2-5,13H2,1H3,(H,21,22)(H4,14,15,17)(H4,16,18,19,20,23,24)/t6-,12+/m1/s1. The fourth-order valence-corrected chi connectivity index (χ4v) is 1.89. The van der Waals surface area contributed by atoms with Crippen LogP contribution < -0.4 is 38.9 Å². The molecule has 0 saturated carbocycles. The molecule has 0 saturated heterocycles. The summed E-state index contributed by atoms with van der Waals surface area (Å²) < 4.78 is 0. The minimum absolute atomic E-state index is 0.0300. The van der Waals surface area contributed by atoms with E-state index in [0.717, 1.165) is 0 Å². The summed E-state index contributed by atoms with van der Waals surface area (Å²) in [6.45, 7) is 1.78. The van der Waals surface area contributed by atoms with Crippen molar-refractivity contribution in [3.8, 4) is 0 Å². The number of carbonyl (C=O) groups is 3. The normalized spacial score (nSPS) is 21.1. The number of guanidine groups is 2. The summed E-state index contributed by atoms with van der Waals surface area (Å²) in [5.41, 5.74) is 19.8. The van der Waals surface area contributed by atoms with Gasteiger partial charge in [-0.25, -0.2) is 9.79 Å². The molecule has 0 unspecified atom stereocenters. The van der Waals surface area contributed by atoms with Crippen LogP contribution in [0.1, 0.15) is 19.8 Å². The SMILES string of the molecule is C[C@]1(NC(=O)[C@H](N)CCCN=C(N)N)CN=C(NC(N)=O)NC1=O. The van der Waals surface area contributed by atoms with Gasteiger partial charge in [-0.1, -0.05) is 0 Å². The number of nitrogens with one attached hydrogen (secondary N) is 3. The van der Waals surface area contributed by atoms with E-state index in [1.165, 1.54) is 6.92 Å². The Bertz CT molecular complexity index is 570. The fraction of sp³-hybridized carbons (Fsp3) is 0.583. The van der Waals surface area contributed by atoms with E-state index in [4.69, 9.17) is 22.9 Å². The zero-order chi connectivity index (χ0) is 18.3. The van der Waals surface area contributed by atoms with E-state index in [1.54, 1.807) is 0 Å². The van der Waals surface area contributed by atoms with Gasteiger partial charge in [0.1, 0.15) is 5.54 Å². The van der Waals surface area contributed by atoms with Crippen molar-refractivity contribution in [3.63, 3.8) is 0 Å². The molecular formula is C12H23N9O3. The van der Waals surface area contributed by atoms with Crippen LogP contribution in [0.15, 0.2) is 9.98 Å². The van der Waals surface area contributed by atoms with Gasteiger partial charge in [0.05, 0.1) is 12.6 Å². The smallest absolute Gasteiger partial charge is 0.318 e. The minimum atomic E-state index is -1.28. The third-order valence-electron chi connectivity index (χ3n) is 3.23. The van der Waals surface area contributed by atoms with Crippen LogP contribution in [0.2, 0.25) is 0 Å². The van der Waals surface area contributed by atoms with Crippen molar-refractivity contribution in [2.75, 3.05) is 13.1 Å². The number of nitrogens with zero attached hydrogens (tertiary/aromatic N) is 2. The van der Waals surface area contributed by atoms with E-state index in [2.05, 4.69) is 25.9 Å². The van der Waals surface area contributed by atoms with Crippen LogP contribution in [-0.2, 0) is 9.59 Å². The molecule has 0 bridgehead atoms. The number of hydrogen-bond donors (Lipinski definition) is 7. The molecule has 0 aromatic heterocycles. The Kier molecular flexibility index (Phi) is 6.47. The molecule has 0 aromatic rings. The van der Waals surface area contributed by atoms with Crippen LogP contribution in [0.4, 0.5) is 4.79 Å². The van der Waals surface area contributed by atoms with E-state index in [-0.39, 0.29) is 18.5 Å². The fourth-order valence-electron chi connectivity index (χ4n) is 1.89. The van der Waals surface area contributed by atoms with Gasteiger partial charge in [0.2, 0.25) is 11.9 Å². The molecule has 134 valence electrons. The average molecular weight is 341 g/mol. The van der Waals surface area contributed by atoms with E-state index in [0.29, 0.717) is 19.4 Å². The molecule has 1 aliphatic rings. The highest BCUT2D eigenvalue weighted by Gasteiger charge is 2.39. The first-order valence-corrected chi connectivity index (χ1v) is 7.19. The molecule has 4 amide bonds. The number of carbonyl (C=O) groups excluding carboxylic acids is 3. The Balaban J connectivity index is 2.56. The second kappa shape index (κ2) is 8.10. The van der Waals surface area contributed by atoms with Crippen LogP contribution in [0, 0.1) is 0 Å².